The molecule has 33 heavy (non-hydrogen) atoms. The summed E-state index contributed by atoms with van der Waals surface area (Å²) in [7, 11) is 0. The number of benzene rings is 4. The van der Waals surface area contributed by atoms with E-state index in [2.05, 4.69) is 38.4 Å². The molecule has 0 aromatic heterocycles. The third-order valence-electron chi connectivity index (χ3n) is 4.82. The Hall–Kier alpha value is -3.72. The Morgan fingerprint density at radius 3 is 2.42 bits per heavy atom. The van der Waals surface area contributed by atoms with Gasteiger partial charge in [-0.15, -0.1) is 0 Å². The van der Waals surface area contributed by atoms with Gasteiger partial charge in [0.2, 0.25) is 0 Å². The second kappa shape index (κ2) is 10.7. The fourth-order valence-corrected chi connectivity index (χ4v) is 3.79. The number of esters is 1. The van der Waals surface area contributed by atoms with E-state index in [0.717, 1.165) is 25.6 Å². The topological polar surface area (TPSA) is 79.8 Å². The van der Waals surface area contributed by atoms with Gasteiger partial charge in [-0.25, -0.2) is 10.2 Å². The summed E-state index contributed by atoms with van der Waals surface area (Å²) in [5.41, 5.74) is 4.67. The molecule has 4 aromatic rings. The first-order valence-electron chi connectivity index (χ1n) is 10.2. The van der Waals surface area contributed by atoms with Gasteiger partial charge in [0.05, 0.1) is 18.3 Å². The molecular weight excluding hydrogens is 529 g/mol. The van der Waals surface area contributed by atoms with Gasteiger partial charge in [-0.1, -0.05) is 48.5 Å². The highest BCUT2D eigenvalue weighted by atomic mass is 127. The number of ether oxygens (including phenoxy) is 1. The maximum atomic E-state index is 12.3. The first-order valence-corrected chi connectivity index (χ1v) is 11.3. The molecule has 0 heterocycles. The molecule has 0 bridgehead atoms. The summed E-state index contributed by atoms with van der Waals surface area (Å²) in [6.45, 7) is 0.0958. The van der Waals surface area contributed by atoms with Crippen LogP contribution >= 0.6 is 22.6 Å². The van der Waals surface area contributed by atoms with Gasteiger partial charge in [0.25, 0.3) is 5.91 Å². The molecule has 1 amide bonds. The Bertz CT molecular complexity index is 1310. The summed E-state index contributed by atoms with van der Waals surface area (Å²) in [6, 6.07) is 28.0. The molecule has 0 atom stereocenters. The zero-order chi connectivity index (χ0) is 23.0. The molecule has 0 unspecified atom stereocenters. The van der Waals surface area contributed by atoms with Gasteiger partial charge in [-0.05, 0) is 76.0 Å². The molecule has 0 fully saturated rings. The van der Waals surface area contributed by atoms with Crippen LogP contribution in [-0.2, 0) is 4.79 Å². The summed E-state index contributed by atoms with van der Waals surface area (Å²) >= 11 is 2.10. The maximum Gasteiger partial charge on any atom is 0.344 e. The molecule has 0 aliphatic rings. The number of halogens is 1. The number of hydrogen-bond acceptors (Lipinski definition) is 5. The van der Waals surface area contributed by atoms with E-state index in [1.165, 1.54) is 6.21 Å². The van der Waals surface area contributed by atoms with E-state index in [1.807, 2.05) is 54.6 Å². The molecular formula is C26H20IN3O3. The molecule has 7 heteroatoms. The lowest BCUT2D eigenvalue weighted by molar-refractivity contribution is -0.119. The van der Waals surface area contributed by atoms with Crippen LogP contribution in [0, 0.1) is 3.57 Å². The number of carbonyl (C=O) groups excluding carboxylic acids is 2. The molecule has 2 N–H and O–H groups in total. The predicted octanol–water partition coefficient (Wildman–Crippen LogP) is 5.23. The van der Waals surface area contributed by atoms with Crippen LogP contribution in [0.1, 0.15) is 15.9 Å². The third kappa shape index (κ3) is 5.95. The van der Waals surface area contributed by atoms with Crippen molar-refractivity contribution in [3.05, 3.63) is 106 Å². The Labute approximate surface area is 204 Å². The van der Waals surface area contributed by atoms with Gasteiger partial charge in [0.1, 0.15) is 5.75 Å². The van der Waals surface area contributed by atoms with Crippen molar-refractivity contribution in [3.8, 4) is 5.75 Å². The molecule has 4 rings (SSSR count). The van der Waals surface area contributed by atoms with Crippen LogP contribution in [0.5, 0.6) is 5.75 Å². The largest absolute Gasteiger partial charge is 0.423 e. The fraction of sp³-hybridized carbons (Fsp3) is 0.0385. The number of amides is 1. The van der Waals surface area contributed by atoms with Crippen molar-refractivity contribution in [2.45, 2.75) is 0 Å². The zero-order valence-electron chi connectivity index (χ0n) is 17.5. The van der Waals surface area contributed by atoms with Crippen molar-refractivity contribution in [3.63, 3.8) is 0 Å². The number of hydrogen-bond donors (Lipinski definition) is 2. The predicted molar refractivity (Wildman–Crippen MR) is 139 cm³/mol. The van der Waals surface area contributed by atoms with Crippen molar-refractivity contribution in [2.75, 3.05) is 11.9 Å². The summed E-state index contributed by atoms with van der Waals surface area (Å²) in [4.78, 5) is 24.4. The molecule has 0 radical (unpaired) electrons. The summed E-state index contributed by atoms with van der Waals surface area (Å²) < 4.78 is 6.25. The summed E-state index contributed by atoms with van der Waals surface area (Å²) in [6.07, 6.45) is 1.53. The SMILES string of the molecule is O=C(CNc1cccc2ccccc12)N/N=C\c1ccc(OC(=O)c2ccccc2I)cc1. The maximum absolute atomic E-state index is 12.3. The van der Waals surface area contributed by atoms with Crippen LogP contribution in [0.15, 0.2) is 96.1 Å². The minimum absolute atomic E-state index is 0.0958. The minimum Gasteiger partial charge on any atom is -0.423 e. The Morgan fingerprint density at radius 2 is 1.61 bits per heavy atom. The first kappa shape index (κ1) is 22.5. The number of hydrazone groups is 1. The van der Waals surface area contributed by atoms with Crippen molar-refractivity contribution < 1.29 is 14.3 Å². The standard InChI is InChI=1S/C26H20IN3O3/c27-23-10-4-3-9-22(23)26(32)33-20-14-12-18(13-15-20)16-29-30-25(31)17-28-24-11-5-7-19-6-1-2-8-21(19)24/h1-16,28H,17H2,(H,30,31)/b29-16-. The molecule has 4 aromatic carbocycles. The van der Waals surface area contributed by atoms with E-state index in [-0.39, 0.29) is 12.5 Å². The van der Waals surface area contributed by atoms with Crippen LogP contribution in [0.25, 0.3) is 10.8 Å². The highest BCUT2D eigenvalue weighted by molar-refractivity contribution is 14.1. The highest BCUT2D eigenvalue weighted by Gasteiger charge is 2.11. The van der Waals surface area contributed by atoms with Crippen LogP contribution in [0.4, 0.5) is 5.69 Å². The molecule has 0 aliphatic carbocycles. The Kier molecular flexibility index (Phi) is 7.31. The van der Waals surface area contributed by atoms with E-state index in [1.54, 1.807) is 36.4 Å². The number of nitrogens with one attached hydrogen (secondary N) is 2. The van der Waals surface area contributed by atoms with Crippen molar-refractivity contribution >= 4 is 57.1 Å². The van der Waals surface area contributed by atoms with E-state index in [4.69, 9.17) is 4.74 Å². The van der Waals surface area contributed by atoms with Crippen LogP contribution in [0.2, 0.25) is 0 Å². The van der Waals surface area contributed by atoms with E-state index in [0.29, 0.717) is 11.3 Å². The molecule has 164 valence electrons. The van der Waals surface area contributed by atoms with Crippen LogP contribution in [-0.4, -0.2) is 24.6 Å². The average molecular weight is 549 g/mol. The minimum atomic E-state index is -0.410. The van der Waals surface area contributed by atoms with E-state index < -0.39 is 5.97 Å². The summed E-state index contributed by atoms with van der Waals surface area (Å²) in [5.74, 6) is -0.241. The molecule has 0 saturated heterocycles. The number of carbonyl (C=O) groups is 2. The van der Waals surface area contributed by atoms with E-state index in [9.17, 15) is 9.59 Å². The van der Waals surface area contributed by atoms with Gasteiger partial charge in [0, 0.05) is 14.6 Å². The van der Waals surface area contributed by atoms with Crippen molar-refractivity contribution in [1.82, 2.24) is 5.43 Å². The average Bonchev–Trinajstić information content (AvgIpc) is 2.84. The Balaban J connectivity index is 1.28. The van der Waals surface area contributed by atoms with Crippen LogP contribution < -0.4 is 15.5 Å². The number of fused-ring (bicyclic) bond motifs is 1. The Morgan fingerprint density at radius 1 is 0.879 bits per heavy atom. The third-order valence-corrected chi connectivity index (χ3v) is 5.76. The quantitative estimate of drug-likeness (QED) is 0.109. The van der Waals surface area contributed by atoms with E-state index >= 15 is 0 Å². The molecule has 6 nitrogen and oxygen atoms in total. The zero-order valence-corrected chi connectivity index (χ0v) is 19.7. The van der Waals surface area contributed by atoms with Gasteiger partial charge >= 0.3 is 5.97 Å². The second-order valence-corrected chi connectivity index (χ2v) is 8.27. The lowest BCUT2D eigenvalue weighted by Crippen LogP contribution is -2.25. The highest BCUT2D eigenvalue weighted by Crippen LogP contribution is 2.22. The lowest BCUT2D eigenvalue weighted by atomic mass is 10.1. The van der Waals surface area contributed by atoms with Crippen molar-refractivity contribution in [1.29, 1.82) is 0 Å². The first-order chi connectivity index (χ1) is 16.1. The monoisotopic (exact) mass is 549 g/mol. The molecule has 0 saturated carbocycles. The van der Waals surface area contributed by atoms with Gasteiger partial charge < -0.3 is 10.1 Å². The van der Waals surface area contributed by atoms with Gasteiger partial charge in [0.15, 0.2) is 0 Å². The number of nitrogens with zero attached hydrogens (tertiary/aromatic N) is 1. The number of rotatable bonds is 7. The fourth-order valence-electron chi connectivity index (χ4n) is 3.18. The summed E-state index contributed by atoms with van der Waals surface area (Å²) in [5, 5.41) is 9.30. The van der Waals surface area contributed by atoms with Crippen LogP contribution in [0.3, 0.4) is 0 Å². The number of anilines is 1. The van der Waals surface area contributed by atoms with Gasteiger partial charge in [-0.3, -0.25) is 4.79 Å². The van der Waals surface area contributed by atoms with Gasteiger partial charge in [-0.2, -0.15) is 5.10 Å². The molecule has 0 aliphatic heterocycles. The second-order valence-electron chi connectivity index (χ2n) is 7.11. The lowest BCUT2D eigenvalue weighted by Gasteiger charge is -2.08. The normalized spacial score (nSPS) is 10.8. The van der Waals surface area contributed by atoms with Crippen molar-refractivity contribution in [2.24, 2.45) is 5.10 Å². The molecule has 0 spiro atoms. The smallest absolute Gasteiger partial charge is 0.344 e.